The molecule has 1 aromatic heterocycles. The first-order valence-electron chi connectivity index (χ1n) is 19.2. The number of aromatic nitrogens is 1. The lowest BCUT2D eigenvalue weighted by atomic mass is 9.98. The number of nitrogens with one attached hydrogen (secondary N) is 6. The maximum atomic E-state index is 13.3. The molecule has 0 bridgehead atoms. The van der Waals surface area contributed by atoms with E-state index >= 15 is 0 Å². The van der Waals surface area contributed by atoms with E-state index in [0.717, 1.165) is 12.8 Å². The highest BCUT2D eigenvalue weighted by atomic mass is 32.1. The molecule has 4 rings (SSSR count). The minimum atomic E-state index is -1.30. The molecule has 1 aromatic rings. The standard InChI is InChI=1S/C36H52N10O10S/c1-4-19(2)30(36(56)40-17-29(50)46-14-6-8-25(46)34(54)39-16-28(49)45-13-5-7-24(45)31(37)51)44-27(48)15-38-32(52)22(43-33(53)23-18-57-20(3)41-23)11-12-26(47)35(55)42-21-9-10-21/h18-19,21-22,24-25,30H,4-17H2,1-3H3,(H2,37,51)(H,38,52)(H,39,54)(H,40,56)(H,42,55)(H,43,53)(H,44,48)/t19?,22-,24?,25?,30?/m0/s1. The zero-order chi connectivity index (χ0) is 41.8. The lowest BCUT2D eigenvalue weighted by Crippen LogP contribution is -2.55. The smallest absolute Gasteiger partial charge is 0.287 e. The van der Waals surface area contributed by atoms with E-state index in [0.29, 0.717) is 43.7 Å². The van der Waals surface area contributed by atoms with E-state index in [1.54, 1.807) is 20.8 Å². The summed E-state index contributed by atoms with van der Waals surface area (Å²) in [6, 6.07) is -4.07. The maximum absolute atomic E-state index is 13.3. The minimum Gasteiger partial charge on any atom is -0.368 e. The monoisotopic (exact) mass is 816 g/mol. The van der Waals surface area contributed by atoms with Crippen LogP contribution in [0.25, 0.3) is 0 Å². The average Bonchev–Trinajstić information content (AvgIpc) is 3.54. The summed E-state index contributed by atoms with van der Waals surface area (Å²) in [6.07, 6.45) is 3.34. The number of nitrogens with two attached hydrogens (primary N) is 1. The molecule has 9 amide bonds. The Bertz CT molecular complexity index is 1730. The van der Waals surface area contributed by atoms with Gasteiger partial charge in [-0.05, 0) is 57.8 Å². The van der Waals surface area contributed by atoms with Crippen LogP contribution in [0.5, 0.6) is 0 Å². The van der Waals surface area contributed by atoms with Crippen LogP contribution in [0.3, 0.4) is 0 Å². The molecule has 0 aromatic carbocycles. The van der Waals surface area contributed by atoms with Gasteiger partial charge in [0.25, 0.3) is 11.8 Å². The van der Waals surface area contributed by atoms with Crippen LogP contribution in [0.1, 0.15) is 87.1 Å². The van der Waals surface area contributed by atoms with Crippen molar-refractivity contribution in [3.05, 3.63) is 16.1 Å². The Hall–Kier alpha value is -5.47. The molecule has 3 fully saturated rings. The molecule has 8 N–H and O–H groups in total. The number of rotatable bonds is 20. The number of thiazole rings is 1. The number of amides is 9. The summed E-state index contributed by atoms with van der Waals surface area (Å²) < 4.78 is 0. The molecular formula is C36H52N10O10S. The van der Waals surface area contributed by atoms with Gasteiger partial charge in [-0.1, -0.05) is 20.3 Å². The van der Waals surface area contributed by atoms with Gasteiger partial charge < -0.3 is 47.4 Å². The molecule has 57 heavy (non-hydrogen) atoms. The highest BCUT2D eigenvalue weighted by molar-refractivity contribution is 7.09. The van der Waals surface area contributed by atoms with Crippen LogP contribution >= 0.6 is 11.3 Å². The fourth-order valence-corrected chi connectivity index (χ4v) is 7.12. The molecule has 3 heterocycles. The zero-order valence-electron chi connectivity index (χ0n) is 32.4. The molecule has 21 heteroatoms. The second-order valence-corrected chi connectivity index (χ2v) is 15.5. The van der Waals surface area contributed by atoms with Crippen LogP contribution in [0, 0.1) is 12.8 Å². The molecule has 0 radical (unpaired) electrons. The Morgan fingerprint density at radius 1 is 0.842 bits per heavy atom. The number of hydrogen-bond donors (Lipinski definition) is 7. The molecule has 20 nitrogen and oxygen atoms in total. The second-order valence-electron chi connectivity index (χ2n) is 14.5. The van der Waals surface area contributed by atoms with Crippen molar-refractivity contribution in [1.82, 2.24) is 46.7 Å². The van der Waals surface area contributed by atoms with Gasteiger partial charge in [0.2, 0.25) is 47.1 Å². The van der Waals surface area contributed by atoms with Gasteiger partial charge in [-0.2, -0.15) is 0 Å². The number of Topliss-reactive ketones (excluding diaryl/α,β-unsaturated/α-hetero) is 1. The van der Waals surface area contributed by atoms with Crippen molar-refractivity contribution in [3.8, 4) is 0 Å². The van der Waals surface area contributed by atoms with Crippen LogP contribution in [-0.2, 0) is 43.2 Å². The Kier molecular flexibility index (Phi) is 16.0. The number of hydrogen-bond acceptors (Lipinski definition) is 12. The largest absolute Gasteiger partial charge is 0.368 e. The Labute approximate surface area is 333 Å². The predicted octanol–water partition coefficient (Wildman–Crippen LogP) is -2.48. The highest BCUT2D eigenvalue weighted by Crippen LogP contribution is 2.20. The van der Waals surface area contributed by atoms with Gasteiger partial charge in [-0.25, -0.2) is 4.98 Å². The first kappa shape index (κ1) is 44.2. The van der Waals surface area contributed by atoms with Crippen molar-refractivity contribution in [3.63, 3.8) is 0 Å². The van der Waals surface area contributed by atoms with E-state index in [1.165, 1.54) is 26.5 Å². The quantitative estimate of drug-likeness (QED) is 0.0677. The second kappa shape index (κ2) is 20.6. The summed E-state index contributed by atoms with van der Waals surface area (Å²) in [7, 11) is 0. The molecular weight excluding hydrogens is 765 g/mol. The van der Waals surface area contributed by atoms with Gasteiger partial charge in [-0.3, -0.25) is 47.9 Å². The molecule has 0 spiro atoms. The number of primary amides is 1. The highest BCUT2D eigenvalue weighted by Gasteiger charge is 2.37. The molecule has 5 atom stereocenters. The van der Waals surface area contributed by atoms with E-state index in [9.17, 15) is 47.9 Å². The number of likely N-dealkylation sites (tertiary alicyclic amines) is 2. The molecule has 2 saturated heterocycles. The van der Waals surface area contributed by atoms with Crippen LogP contribution < -0.4 is 37.6 Å². The Morgan fingerprint density at radius 3 is 2.05 bits per heavy atom. The molecule has 1 saturated carbocycles. The number of nitrogens with zero attached hydrogens (tertiary/aromatic N) is 3. The van der Waals surface area contributed by atoms with Gasteiger partial charge >= 0.3 is 0 Å². The van der Waals surface area contributed by atoms with E-state index < -0.39 is 102 Å². The van der Waals surface area contributed by atoms with Crippen molar-refractivity contribution in [2.24, 2.45) is 11.7 Å². The van der Waals surface area contributed by atoms with E-state index in [1.807, 2.05) is 0 Å². The summed E-state index contributed by atoms with van der Waals surface area (Å²) in [5.41, 5.74) is 5.44. The summed E-state index contributed by atoms with van der Waals surface area (Å²) in [5, 5.41) is 17.3. The fraction of sp³-hybridized carbons (Fsp3) is 0.639. The minimum absolute atomic E-state index is 0.0465. The maximum Gasteiger partial charge on any atom is 0.287 e. The van der Waals surface area contributed by atoms with Crippen LogP contribution in [0.2, 0.25) is 0 Å². The van der Waals surface area contributed by atoms with Crippen molar-refractivity contribution >= 4 is 70.3 Å². The van der Waals surface area contributed by atoms with Gasteiger partial charge in [0.1, 0.15) is 29.9 Å². The summed E-state index contributed by atoms with van der Waals surface area (Å²) in [5.74, 6) is -7.04. The third kappa shape index (κ3) is 12.8. The van der Waals surface area contributed by atoms with Crippen molar-refractivity contribution in [2.45, 2.75) is 109 Å². The summed E-state index contributed by atoms with van der Waals surface area (Å²) >= 11 is 1.22. The lowest BCUT2D eigenvalue weighted by Gasteiger charge is -2.27. The summed E-state index contributed by atoms with van der Waals surface area (Å²) in [4.78, 5) is 134. The third-order valence-electron chi connectivity index (χ3n) is 10.1. The van der Waals surface area contributed by atoms with Crippen LogP contribution in [0.4, 0.5) is 0 Å². The van der Waals surface area contributed by atoms with E-state index in [2.05, 4.69) is 36.9 Å². The first-order chi connectivity index (χ1) is 27.1. The van der Waals surface area contributed by atoms with Crippen molar-refractivity contribution in [2.75, 3.05) is 32.7 Å². The van der Waals surface area contributed by atoms with Gasteiger partial charge in [0.05, 0.1) is 24.6 Å². The first-order valence-corrected chi connectivity index (χ1v) is 20.0. The van der Waals surface area contributed by atoms with Crippen LogP contribution in [0.15, 0.2) is 5.38 Å². The zero-order valence-corrected chi connectivity index (χ0v) is 33.2. The predicted molar refractivity (Wildman–Crippen MR) is 203 cm³/mol. The summed E-state index contributed by atoms with van der Waals surface area (Å²) in [6.45, 7) is 4.35. The number of ketones is 1. The normalized spacial score (nSPS) is 19.1. The van der Waals surface area contributed by atoms with Gasteiger partial charge in [-0.15, -0.1) is 11.3 Å². The van der Waals surface area contributed by atoms with E-state index in [4.69, 9.17) is 5.73 Å². The van der Waals surface area contributed by atoms with Gasteiger partial charge in [0, 0.05) is 30.9 Å². The Morgan fingerprint density at radius 2 is 1.46 bits per heavy atom. The van der Waals surface area contributed by atoms with Gasteiger partial charge in [0.15, 0.2) is 0 Å². The number of aryl methyl sites for hydroxylation is 1. The topological polar surface area (TPSA) is 288 Å². The molecule has 4 unspecified atom stereocenters. The van der Waals surface area contributed by atoms with Crippen molar-refractivity contribution < 1.29 is 47.9 Å². The fourth-order valence-electron chi connectivity index (χ4n) is 6.52. The molecule has 3 aliphatic rings. The third-order valence-corrected chi connectivity index (χ3v) is 10.9. The van der Waals surface area contributed by atoms with E-state index in [-0.39, 0.29) is 37.7 Å². The van der Waals surface area contributed by atoms with Crippen molar-refractivity contribution in [1.29, 1.82) is 0 Å². The average molecular weight is 817 g/mol. The van der Waals surface area contributed by atoms with Crippen LogP contribution in [-0.4, -0.2) is 137 Å². The number of carbonyl (C=O) groups is 10. The lowest BCUT2D eigenvalue weighted by molar-refractivity contribution is -0.141. The molecule has 1 aliphatic carbocycles. The SMILES string of the molecule is CCC(C)C(NC(=O)CNC(=O)[C@H](CCC(=O)C(=O)NC1CC1)NC(=O)c1csc(C)n1)C(=O)NCC(=O)N1CCCC1C(=O)NCC(=O)N1CCCC1C(N)=O. The molecule has 2 aliphatic heterocycles. The molecule has 312 valence electrons. The Balaban J connectivity index is 1.28. The number of carbonyl (C=O) groups excluding carboxylic acids is 10.